The summed E-state index contributed by atoms with van der Waals surface area (Å²) < 4.78 is 50.3. The number of hydrogen-bond acceptors (Lipinski definition) is 9. The smallest absolute Gasteiger partial charge is 0.372 e. The van der Waals surface area contributed by atoms with Crippen molar-refractivity contribution in [3.63, 3.8) is 0 Å². The first-order valence-electron chi connectivity index (χ1n) is 21.9. The van der Waals surface area contributed by atoms with E-state index in [-0.39, 0.29) is 34.9 Å². The Morgan fingerprint density at radius 1 is 0.938 bits per heavy atom. The van der Waals surface area contributed by atoms with E-state index in [1.54, 1.807) is 65.6 Å². The number of H-pyrrole nitrogens is 1. The first-order chi connectivity index (χ1) is 31.3. The third-order valence-corrected chi connectivity index (χ3v) is 14.2. The number of carbonyl (C=O) groups excluding carboxylic acids is 1. The molecular formula is C47H45F2N11O5. The summed E-state index contributed by atoms with van der Waals surface area (Å²) in [6.45, 7) is 6.24. The molecule has 16 nitrogen and oxygen atoms in total. The molecule has 1 spiro atoms. The number of carbonyl (C=O) groups is 1. The van der Waals surface area contributed by atoms with Gasteiger partial charge in [0, 0.05) is 68.6 Å². The standard InChI is InChI=1S/C47H45F2N11O5/c1-26-17-31(18-27(2)39(26)48)60-41(58-15-14-57(45(58)63)37-8-7-36-32(40(37)49)22-50-55(36)4)33-23-56(13-9-34(33)52-60)42(61)38-20-30-19-28(29-10-16-64-46(21-29)24-54(3)25-46)5-6-35(30)59(38)47(11-12-47)43-51-44(62)65-53-43/h5-8,14-15,17-20,22,29H,9-13,16,21,23-25H2,1-4H3,(H,51,53,62)/t29-/m0/s1. The summed E-state index contributed by atoms with van der Waals surface area (Å²) in [6.07, 6.45) is 7.92. The molecule has 1 saturated carbocycles. The average molecular weight is 882 g/mol. The highest BCUT2D eigenvalue weighted by Gasteiger charge is 2.53. The molecule has 18 heteroatoms. The Hall–Kier alpha value is -6.92. The van der Waals surface area contributed by atoms with E-state index in [1.807, 2.05) is 10.6 Å². The number of aromatic nitrogens is 9. The molecule has 5 aromatic heterocycles. The third-order valence-electron chi connectivity index (χ3n) is 14.2. The predicted molar refractivity (Wildman–Crippen MR) is 234 cm³/mol. The molecule has 3 aliphatic heterocycles. The van der Waals surface area contributed by atoms with Gasteiger partial charge in [-0.05, 0) is 112 Å². The van der Waals surface area contributed by atoms with Gasteiger partial charge in [-0.2, -0.15) is 10.2 Å². The van der Waals surface area contributed by atoms with Crippen molar-refractivity contribution < 1.29 is 22.8 Å². The summed E-state index contributed by atoms with van der Waals surface area (Å²) in [7, 11) is 3.82. The number of aryl methyl sites for hydroxylation is 3. The van der Waals surface area contributed by atoms with Gasteiger partial charge in [-0.1, -0.05) is 11.2 Å². The molecule has 3 fully saturated rings. The minimum absolute atomic E-state index is 0.0462. The van der Waals surface area contributed by atoms with Crippen LogP contribution in [0.5, 0.6) is 0 Å². The van der Waals surface area contributed by atoms with Crippen molar-refractivity contribution in [2.24, 2.45) is 7.05 Å². The van der Waals surface area contributed by atoms with Crippen LogP contribution in [-0.4, -0.2) is 98.0 Å². The quantitative estimate of drug-likeness (QED) is 0.217. The van der Waals surface area contributed by atoms with Gasteiger partial charge >= 0.3 is 11.4 Å². The number of likely N-dealkylation sites (N-methyl/N-ethyl adjacent to an activating group) is 1. The Morgan fingerprint density at radius 3 is 2.45 bits per heavy atom. The lowest BCUT2D eigenvalue weighted by atomic mass is 9.78. The monoisotopic (exact) mass is 881 g/mol. The van der Waals surface area contributed by atoms with Crippen LogP contribution in [0.4, 0.5) is 8.78 Å². The number of hydrogen-bond donors (Lipinski definition) is 1. The van der Waals surface area contributed by atoms with Crippen LogP contribution >= 0.6 is 0 Å². The fraction of sp³-hybridized carbons (Fsp3) is 0.362. The lowest BCUT2D eigenvalue weighted by molar-refractivity contribution is -0.163. The van der Waals surface area contributed by atoms with Crippen molar-refractivity contribution in [1.29, 1.82) is 0 Å². The Labute approximate surface area is 369 Å². The Bertz CT molecular complexity index is 3380. The molecule has 1 N–H and O–H groups in total. The molecule has 3 aromatic carbocycles. The molecule has 2 saturated heterocycles. The zero-order valence-electron chi connectivity index (χ0n) is 36.3. The van der Waals surface area contributed by atoms with Crippen LogP contribution in [-0.2, 0) is 30.3 Å². The van der Waals surface area contributed by atoms with Crippen LogP contribution in [0.1, 0.15) is 75.9 Å². The normalized spacial score (nSPS) is 19.0. The molecule has 8 heterocycles. The number of halogens is 2. The van der Waals surface area contributed by atoms with Gasteiger partial charge in [-0.3, -0.25) is 28.1 Å². The van der Waals surface area contributed by atoms with E-state index in [0.29, 0.717) is 89.3 Å². The fourth-order valence-corrected chi connectivity index (χ4v) is 10.9. The van der Waals surface area contributed by atoms with Gasteiger partial charge in [0.05, 0.1) is 46.3 Å². The van der Waals surface area contributed by atoms with Crippen molar-refractivity contribution in [1.82, 2.24) is 53.2 Å². The second-order valence-corrected chi connectivity index (χ2v) is 18.5. The number of rotatable bonds is 7. The van der Waals surface area contributed by atoms with Gasteiger partial charge in [0.15, 0.2) is 11.6 Å². The third kappa shape index (κ3) is 5.99. The Morgan fingerprint density at radius 2 is 1.71 bits per heavy atom. The number of aromatic amines is 1. The van der Waals surface area contributed by atoms with Crippen molar-refractivity contribution >= 4 is 27.7 Å². The van der Waals surface area contributed by atoms with Gasteiger partial charge in [0.1, 0.15) is 22.9 Å². The first kappa shape index (κ1) is 39.7. The molecule has 0 unspecified atom stereocenters. The van der Waals surface area contributed by atoms with Crippen LogP contribution in [0, 0.1) is 25.5 Å². The van der Waals surface area contributed by atoms with E-state index in [1.165, 1.54) is 27.1 Å². The molecule has 0 bridgehead atoms. The first-order valence-corrected chi connectivity index (χ1v) is 21.9. The van der Waals surface area contributed by atoms with E-state index in [0.717, 1.165) is 36.8 Å². The number of fused-ring (bicyclic) bond motifs is 3. The van der Waals surface area contributed by atoms with Crippen LogP contribution in [0.3, 0.4) is 0 Å². The maximum absolute atomic E-state index is 16.1. The van der Waals surface area contributed by atoms with Gasteiger partial charge in [0.25, 0.3) is 5.91 Å². The molecular weight excluding hydrogens is 837 g/mol. The maximum Gasteiger partial charge on any atom is 0.438 e. The molecule has 12 rings (SSSR count). The lowest BCUT2D eigenvalue weighted by Gasteiger charge is -2.52. The van der Waals surface area contributed by atoms with Gasteiger partial charge in [-0.25, -0.2) is 23.1 Å². The maximum atomic E-state index is 16.1. The van der Waals surface area contributed by atoms with Crippen molar-refractivity contribution in [2.45, 2.75) is 69.6 Å². The van der Waals surface area contributed by atoms with Gasteiger partial charge in [-0.15, -0.1) is 0 Å². The zero-order valence-corrected chi connectivity index (χ0v) is 36.3. The van der Waals surface area contributed by atoms with Crippen LogP contribution in [0.2, 0.25) is 0 Å². The van der Waals surface area contributed by atoms with Crippen LogP contribution in [0.25, 0.3) is 39.0 Å². The van der Waals surface area contributed by atoms with Crippen LogP contribution < -0.4 is 11.4 Å². The molecule has 1 amide bonds. The second kappa shape index (κ2) is 14.0. The number of nitrogens with zero attached hydrogens (tertiary/aromatic N) is 10. The predicted octanol–water partition coefficient (Wildman–Crippen LogP) is 5.54. The second-order valence-electron chi connectivity index (χ2n) is 18.5. The van der Waals surface area contributed by atoms with E-state index < -0.39 is 22.8 Å². The highest BCUT2D eigenvalue weighted by atomic mass is 19.1. The molecule has 0 radical (unpaired) electrons. The van der Waals surface area contributed by atoms with Gasteiger partial charge in [0.2, 0.25) is 0 Å². The number of imidazole rings is 1. The summed E-state index contributed by atoms with van der Waals surface area (Å²) in [4.78, 5) is 49.0. The summed E-state index contributed by atoms with van der Waals surface area (Å²) in [6, 6.07) is 14.9. The highest BCUT2D eigenvalue weighted by molar-refractivity contribution is 5.99. The molecule has 332 valence electrons. The summed E-state index contributed by atoms with van der Waals surface area (Å²) in [5.41, 5.74) is 4.18. The number of benzene rings is 3. The lowest BCUT2D eigenvalue weighted by Crippen LogP contribution is -2.63. The number of ether oxygens (including phenoxy) is 1. The summed E-state index contributed by atoms with van der Waals surface area (Å²) in [5.74, 6) is -0.859. The summed E-state index contributed by atoms with van der Waals surface area (Å²) >= 11 is 0. The van der Waals surface area contributed by atoms with Crippen molar-refractivity contribution in [3.05, 3.63) is 139 Å². The largest absolute Gasteiger partial charge is 0.438 e. The number of nitrogens with one attached hydrogen (secondary N) is 1. The van der Waals surface area contributed by atoms with Crippen molar-refractivity contribution in [3.8, 4) is 17.2 Å². The molecule has 4 aliphatic rings. The molecule has 1 aliphatic carbocycles. The SMILES string of the molecule is Cc1cc(-n2nc3c(c2-n2ccn(-c4ccc5c(cnn5C)c4F)c2=O)CN(C(=O)c2cc4cc([C@H]5CCOC6(C5)CN(C)C6)ccc4n2C2(c4noc(=O)[nH]4)CC2)CC3)cc(C)c1F. The van der Waals surface area contributed by atoms with E-state index in [2.05, 4.69) is 45.4 Å². The van der Waals surface area contributed by atoms with Crippen LogP contribution in [0.15, 0.2) is 81.2 Å². The van der Waals surface area contributed by atoms with Gasteiger partial charge < -0.3 is 19.1 Å². The minimum atomic E-state index is -0.806. The number of likely N-dealkylation sites (tertiary alicyclic amines) is 1. The highest BCUT2D eigenvalue weighted by Crippen LogP contribution is 2.51. The van der Waals surface area contributed by atoms with E-state index in [9.17, 15) is 9.59 Å². The van der Waals surface area contributed by atoms with Crippen molar-refractivity contribution in [2.75, 3.05) is 33.3 Å². The molecule has 8 aromatic rings. The molecule has 65 heavy (non-hydrogen) atoms. The number of amides is 1. The fourth-order valence-electron chi connectivity index (χ4n) is 10.9. The average Bonchev–Trinajstić information content (AvgIpc) is 3.73. The Balaban J connectivity index is 0.966. The van der Waals surface area contributed by atoms with E-state index >= 15 is 13.6 Å². The molecule has 1 atom stereocenters. The van der Waals surface area contributed by atoms with E-state index in [4.69, 9.17) is 14.4 Å². The topological polar surface area (TPSA) is 159 Å². The Kier molecular flexibility index (Phi) is 8.56. The zero-order chi connectivity index (χ0) is 44.7. The summed E-state index contributed by atoms with van der Waals surface area (Å²) in [5, 5.41) is 14.5. The minimum Gasteiger partial charge on any atom is -0.372 e.